The molecule has 0 radical (unpaired) electrons. The molecular weight excluding hydrogens is 272 g/mol. The van der Waals surface area contributed by atoms with Crippen LogP contribution in [0.3, 0.4) is 0 Å². The van der Waals surface area contributed by atoms with Crippen molar-refractivity contribution in [1.29, 1.82) is 0 Å². The Bertz CT molecular complexity index is 651. The Morgan fingerprint density at radius 3 is 2.70 bits per heavy atom. The standard InChI is InChI=1S/C15H14N2O2S/c16-7-1-2-11-8-14(20-10-11)9-19-13-5-3-12(4-6-13)15(17)18/h3-6,8,10H,7,9,16H2,(H2,17,18). The molecule has 0 saturated heterocycles. The highest BCUT2D eigenvalue weighted by Gasteiger charge is 2.02. The summed E-state index contributed by atoms with van der Waals surface area (Å²) in [6.07, 6.45) is 0. The van der Waals surface area contributed by atoms with Crippen LogP contribution in [0.4, 0.5) is 0 Å². The van der Waals surface area contributed by atoms with Crippen LogP contribution in [-0.4, -0.2) is 12.5 Å². The van der Waals surface area contributed by atoms with Gasteiger partial charge in [0.15, 0.2) is 0 Å². The second kappa shape index (κ2) is 6.75. The van der Waals surface area contributed by atoms with Gasteiger partial charge in [0.2, 0.25) is 5.91 Å². The monoisotopic (exact) mass is 286 g/mol. The van der Waals surface area contributed by atoms with Crippen molar-refractivity contribution in [3.63, 3.8) is 0 Å². The van der Waals surface area contributed by atoms with E-state index in [9.17, 15) is 4.79 Å². The Labute approximate surface area is 121 Å². The van der Waals surface area contributed by atoms with E-state index in [4.69, 9.17) is 16.2 Å². The number of thiophene rings is 1. The number of amides is 1. The second-order valence-corrected chi connectivity index (χ2v) is 4.98. The van der Waals surface area contributed by atoms with E-state index in [0.717, 1.165) is 10.4 Å². The van der Waals surface area contributed by atoms with Crippen LogP contribution >= 0.6 is 11.3 Å². The van der Waals surface area contributed by atoms with E-state index >= 15 is 0 Å². The predicted octanol–water partition coefficient (Wildman–Crippen LogP) is 1.74. The molecule has 0 fully saturated rings. The van der Waals surface area contributed by atoms with Gasteiger partial charge in [-0.25, -0.2) is 0 Å². The van der Waals surface area contributed by atoms with Gasteiger partial charge in [0.05, 0.1) is 6.54 Å². The van der Waals surface area contributed by atoms with Crippen LogP contribution in [0.2, 0.25) is 0 Å². The number of carbonyl (C=O) groups excluding carboxylic acids is 1. The third-order valence-electron chi connectivity index (χ3n) is 2.51. The van der Waals surface area contributed by atoms with Crippen LogP contribution in [-0.2, 0) is 6.61 Å². The van der Waals surface area contributed by atoms with Gasteiger partial charge in [-0.15, -0.1) is 11.3 Å². The summed E-state index contributed by atoms with van der Waals surface area (Å²) >= 11 is 1.58. The zero-order chi connectivity index (χ0) is 14.4. The number of benzene rings is 1. The molecule has 0 saturated carbocycles. The number of hydrogen-bond acceptors (Lipinski definition) is 4. The maximum absolute atomic E-state index is 10.9. The molecule has 2 aromatic rings. The van der Waals surface area contributed by atoms with Gasteiger partial charge < -0.3 is 16.2 Å². The van der Waals surface area contributed by atoms with Crippen LogP contribution in [0.15, 0.2) is 35.7 Å². The fourth-order valence-corrected chi connectivity index (χ4v) is 2.27. The number of hydrogen-bond donors (Lipinski definition) is 2. The number of primary amides is 1. The van der Waals surface area contributed by atoms with E-state index in [2.05, 4.69) is 11.8 Å². The largest absolute Gasteiger partial charge is 0.488 e. The van der Waals surface area contributed by atoms with Crippen molar-refractivity contribution < 1.29 is 9.53 Å². The van der Waals surface area contributed by atoms with Gasteiger partial charge in [-0.05, 0) is 30.3 Å². The normalized spacial score (nSPS) is 9.65. The van der Waals surface area contributed by atoms with Crippen molar-refractivity contribution in [1.82, 2.24) is 0 Å². The predicted molar refractivity (Wildman–Crippen MR) is 79.5 cm³/mol. The number of carbonyl (C=O) groups is 1. The van der Waals surface area contributed by atoms with E-state index in [0.29, 0.717) is 24.5 Å². The summed E-state index contributed by atoms with van der Waals surface area (Å²) in [5.41, 5.74) is 11.9. The van der Waals surface area contributed by atoms with E-state index < -0.39 is 5.91 Å². The smallest absolute Gasteiger partial charge is 0.248 e. The topological polar surface area (TPSA) is 78.3 Å². The molecule has 0 spiro atoms. The van der Waals surface area contributed by atoms with Crippen molar-refractivity contribution in [2.75, 3.05) is 6.54 Å². The fraction of sp³-hybridized carbons (Fsp3) is 0.133. The van der Waals surface area contributed by atoms with E-state index in [1.54, 1.807) is 35.6 Å². The summed E-state index contributed by atoms with van der Waals surface area (Å²) in [5.74, 6) is 6.03. The molecule has 0 aliphatic carbocycles. The van der Waals surface area contributed by atoms with Gasteiger partial charge in [0, 0.05) is 21.4 Å². The maximum atomic E-state index is 10.9. The molecule has 0 atom stereocenters. The Hall–Kier alpha value is -2.29. The summed E-state index contributed by atoms with van der Waals surface area (Å²) in [6.45, 7) is 0.818. The lowest BCUT2D eigenvalue weighted by Gasteiger charge is -2.04. The summed E-state index contributed by atoms with van der Waals surface area (Å²) in [4.78, 5) is 12.0. The minimum atomic E-state index is -0.446. The minimum absolute atomic E-state index is 0.355. The van der Waals surface area contributed by atoms with Crippen LogP contribution in [0, 0.1) is 11.8 Å². The van der Waals surface area contributed by atoms with Crippen molar-refractivity contribution in [3.8, 4) is 17.6 Å². The average Bonchev–Trinajstić information content (AvgIpc) is 2.91. The third-order valence-corrected chi connectivity index (χ3v) is 3.42. The number of rotatable bonds is 4. The zero-order valence-corrected chi connectivity index (χ0v) is 11.6. The van der Waals surface area contributed by atoms with E-state index in [1.165, 1.54) is 0 Å². The molecule has 0 bridgehead atoms. The number of ether oxygens (including phenoxy) is 1. The summed E-state index contributed by atoms with van der Waals surface area (Å²) in [5, 5.41) is 1.97. The molecule has 20 heavy (non-hydrogen) atoms. The van der Waals surface area contributed by atoms with E-state index in [1.807, 2.05) is 11.4 Å². The van der Waals surface area contributed by atoms with Gasteiger partial charge in [-0.1, -0.05) is 11.8 Å². The molecular formula is C15H14N2O2S. The molecule has 1 aromatic carbocycles. The van der Waals surface area contributed by atoms with Crippen molar-refractivity contribution in [2.24, 2.45) is 11.5 Å². The maximum Gasteiger partial charge on any atom is 0.248 e. The zero-order valence-electron chi connectivity index (χ0n) is 10.8. The molecule has 4 nitrogen and oxygen atoms in total. The second-order valence-electron chi connectivity index (χ2n) is 3.98. The van der Waals surface area contributed by atoms with Crippen molar-refractivity contribution in [2.45, 2.75) is 6.61 Å². The van der Waals surface area contributed by atoms with Gasteiger partial charge in [-0.3, -0.25) is 4.79 Å². The Morgan fingerprint density at radius 1 is 1.30 bits per heavy atom. The summed E-state index contributed by atoms with van der Waals surface area (Å²) < 4.78 is 5.63. The summed E-state index contributed by atoms with van der Waals surface area (Å²) in [6, 6.07) is 8.71. The molecule has 1 aromatic heterocycles. The Kier molecular flexibility index (Phi) is 4.77. The Balaban J connectivity index is 1.94. The van der Waals surface area contributed by atoms with Crippen molar-refractivity contribution in [3.05, 3.63) is 51.7 Å². The minimum Gasteiger partial charge on any atom is -0.488 e. The van der Waals surface area contributed by atoms with E-state index in [-0.39, 0.29) is 0 Å². The van der Waals surface area contributed by atoms with Crippen LogP contribution < -0.4 is 16.2 Å². The highest BCUT2D eigenvalue weighted by Crippen LogP contribution is 2.18. The summed E-state index contributed by atoms with van der Waals surface area (Å²) in [7, 11) is 0. The lowest BCUT2D eigenvalue weighted by Crippen LogP contribution is -2.10. The third kappa shape index (κ3) is 3.85. The molecule has 102 valence electrons. The quantitative estimate of drug-likeness (QED) is 0.840. The van der Waals surface area contributed by atoms with Gasteiger partial charge in [0.25, 0.3) is 0 Å². The van der Waals surface area contributed by atoms with Gasteiger partial charge in [-0.2, -0.15) is 0 Å². The molecule has 2 rings (SSSR count). The molecule has 1 heterocycles. The molecule has 0 aliphatic heterocycles. The molecule has 4 N–H and O–H groups in total. The highest BCUT2D eigenvalue weighted by molar-refractivity contribution is 7.10. The molecule has 5 heteroatoms. The highest BCUT2D eigenvalue weighted by atomic mass is 32.1. The fourth-order valence-electron chi connectivity index (χ4n) is 1.54. The first-order chi connectivity index (χ1) is 9.69. The van der Waals surface area contributed by atoms with Crippen LogP contribution in [0.5, 0.6) is 5.75 Å². The van der Waals surface area contributed by atoms with Crippen LogP contribution in [0.1, 0.15) is 20.8 Å². The lowest BCUT2D eigenvalue weighted by atomic mass is 10.2. The first-order valence-electron chi connectivity index (χ1n) is 5.98. The first kappa shape index (κ1) is 14.1. The molecule has 1 amide bonds. The van der Waals surface area contributed by atoms with Gasteiger partial charge >= 0.3 is 0 Å². The van der Waals surface area contributed by atoms with Crippen LogP contribution in [0.25, 0.3) is 0 Å². The van der Waals surface area contributed by atoms with Crippen molar-refractivity contribution >= 4 is 17.2 Å². The molecule has 0 unspecified atom stereocenters. The molecule has 0 aliphatic rings. The van der Waals surface area contributed by atoms with Gasteiger partial charge in [0.1, 0.15) is 12.4 Å². The number of nitrogens with two attached hydrogens (primary N) is 2. The lowest BCUT2D eigenvalue weighted by molar-refractivity contribution is 0.100. The first-order valence-corrected chi connectivity index (χ1v) is 6.86. The Morgan fingerprint density at radius 2 is 2.05 bits per heavy atom. The SMILES string of the molecule is NCC#Cc1csc(COc2ccc(C(N)=O)cc2)c1. The average molecular weight is 286 g/mol.